The van der Waals surface area contributed by atoms with Gasteiger partial charge < -0.3 is 14.8 Å². The predicted molar refractivity (Wildman–Crippen MR) is 99.5 cm³/mol. The molecule has 0 aromatic carbocycles. The Labute approximate surface area is 158 Å². The maximum Gasteiger partial charge on any atom is 0.279 e. The molecular formula is C19H26N4O2S. The van der Waals surface area contributed by atoms with Crippen molar-refractivity contribution in [2.45, 2.75) is 57.2 Å². The topological polar surface area (TPSA) is 67.2 Å². The van der Waals surface area contributed by atoms with Crippen LogP contribution in [-0.4, -0.2) is 43.9 Å². The molecule has 1 aromatic heterocycles. The van der Waals surface area contributed by atoms with Crippen LogP contribution in [0.3, 0.4) is 0 Å². The number of nitrogens with one attached hydrogen (secondary N) is 1. The van der Waals surface area contributed by atoms with E-state index in [1.807, 2.05) is 23.7 Å². The lowest BCUT2D eigenvalue weighted by molar-refractivity contribution is -0.162. The highest BCUT2D eigenvalue weighted by Crippen LogP contribution is 2.62. The summed E-state index contributed by atoms with van der Waals surface area (Å²) in [5.74, 6) is 1.48. The van der Waals surface area contributed by atoms with E-state index in [-0.39, 0.29) is 16.2 Å². The van der Waals surface area contributed by atoms with E-state index in [0.29, 0.717) is 24.3 Å². The fourth-order valence-electron chi connectivity index (χ4n) is 6.62. The SMILES string of the molecule is CSC(=O)NC12C[C@@H]3C[C@@H](C1)CC(C(=O)N1CCn4cncc4C1)(C3)C2. The quantitative estimate of drug-likeness (QED) is 0.864. The molecule has 6 rings (SSSR count). The van der Waals surface area contributed by atoms with Crippen LogP contribution in [-0.2, 0) is 17.9 Å². The largest absolute Gasteiger partial charge is 0.341 e. The molecule has 6 nitrogen and oxygen atoms in total. The number of amides is 2. The van der Waals surface area contributed by atoms with E-state index in [9.17, 15) is 9.59 Å². The number of fused-ring (bicyclic) bond motifs is 1. The van der Waals surface area contributed by atoms with E-state index in [4.69, 9.17) is 0 Å². The van der Waals surface area contributed by atoms with Gasteiger partial charge in [0.15, 0.2) is 0 Å². The second kappa shape index (κ2) is 5.75. The Hall–Kier alpha value is -1.50. The van der Waals surface area contributed by atoms with Crippen molar-refractivity contribution in [3.63, 3.8) is 0 Å². The first-order valence-corrected chi connectivity index (χ1v) is 10.9. The molecular weight excluding hydrogens is 348 g/mol. The van der Waals surface area contributed by atoms with E-state index in [1.54, 1.807) is 0 Å². The molecule has 1 aliphatic heterocycles. The van der Waals surface area contributed by atoms with Crippen LogP contribution in [0.15, 0.2) is 12.5 Å². The van der Waals surface area contributed by atoms with Gasteiger partial charge in [0.05, 0.1) is 24.0 Å². The van der Waals surface area contributed by atoms with Crippen LogP contribution in [0.4, 0.5) is 4.79 Å². The lowest BCUT2D eigenvalue weighted by Crippen LogP contribution is -2.66. The van der Waals surface area contributed by atoms with Crippen molar-refractivity contribution in [2.24, 2.45) is 17.3 Å². The van der Waals surface area contributed by atoms with Crippen LogP contribution >= 0.6 is 11.8 Å². The Kier molecular flexibility index (Phi) is 3.68. The van der Waals surface area contributed by atoms with Gasteiger partial charge in [-0.2, -0.15) is 0 Å². The van der Waals surface area contributed by atoms with Crippen molar-refractivity contribution in [1.29, 1.82) is 0 Å². The molecule has 4 fully saturated rings. The van der Waals surface area contributed by atoms with Crippen molar-refractivity contribution in [2.75, 3.05) is 12.8 Å². The lowest BCUT2D eigenvalue weighted by Gasteiger charge is -2.62. The fourth-order valence-corrected chi connectivity index (χ4v) is 6.94. The summed E-state index contributed by atoms with van der Waals surface area (Å²) in [6, 6.07) is 0. The van der Waals surface area contributed by atoms with E-state index in [1.165, 1.54) is 18.2 Å². The summed E-state index contributed by atoms with van der Waals surface area (Å²) >= 11 is 1.25. The van der Waals surface area contributed by atoms with E-state index >= 15 is 0 Å². The monoisotopic (exact) mass is 374 g/mol. The normalized spacial score (nSPS) is 37.5. The summed E-state index contributed by atoms with van der Waals surface area (Å²) in [5, 5.41) is 3.36. The van der Waals surface area contributed by atoms with Gasteiger partial charge in [-0.1, -0.05) is 11.8 Å². The molecule has 0 saturated heterocycles. The zero-order chi connectivity index (χ0) is 17.9. The third-order valence-electron chi connectivity index (χ3n) is 7.12. The molecule has 0 radical (unpaired) electrons. The summed E-state index contributed by atoms with van der Waals surface area (Å²) in [6.45, 7) is 2.27. The molecule has 2 atom stereocenters. The van der Waals surface area contributed by atoms with E-state index in [0.717, 1.165) is 50.9 Å². The van der Waals surface area contributed by atoms with Gasteiger partial charge in [0, 0.05) is 24.8 Å². The Morgan fingerprint density at radius 3 is 2.73 bits per heavy atom. The number of carbonyl (C=O) groups is 2. The zero-order valence-corrected chi connectivity index (χ0v) is 16.1. The highest BCUT2D eigenvalue weighted by Gasteiger charge is 2.61. The molecule has 1 N–H and O–H groups in total. The molecule has 1 aromatic rings. The van der Waals surface area contributed by atoms with Crippen LogP contribution in [0, 0.1) is 17.3 Å². The Morgan fingerprint density at radius 2 is 2.00 bits per heavy atom. The van der Waals surface area contributed by atoms with Crippen LogP contribution in [0.1, 0.15) is 44.2 Å². The van der Waals surface area contributed by atoms with Gasteiger partial charge in [0.2, 0.25) is 5.91 Å². The van der Waals surface area contributed by atoms with Crippen molar-refractivity contribution in [3.05, 3.63) is 18.2 Å². The number of aromatic nitrogens is 2. The first-order valence-electron chi connectivity index (χ1n) is 9.65. The van der Waals surface area contributed by atoms with Crippen LogP contribution in [0.5, 0.6) is 0 Å². The average molecular weight is 375 g/mol. The maximum atomic E-state index is 13.7. The smallest absolute Gasteiger partial charge is 0.279 e. The third kappa shape index (κ3) is 2.50. The molecule has 5 aliphatic rings. The summed E-state index contributed by atoms with van der Waals surface area (Å²) in [7, 11) is 0. The molecule has 4 bridgehead atoms. The molecule has 0 unspecified atom stereocenters. The van der Waals surface area contributed by atoms with Gasteiger partial charge in [-0.25, -0.2) is 4.98 Å². The number of rotatable bonds is 2. The molecule has 26 heavy (non-hydrogen) atoms. The number of hydrogen-bond donors (Lipinski definition) is 1. The van der Waals surface area contributed by atoms with Gasteiger partial charge in [0.1, 0.15) is 0 Å². The minimum atomic E-state index is -0.266. The number of thioether (sulfide) groups is 1. The minimum absolute atomic E-state index is 0.0522. The van der Waals surface area contributed by atoms with Gasteiger partial charge in [0.25, 0.3) is 5.24 Å². The number of nitrogens with zero attached hydrogens (tertiary/aromatic N) is 3. The second-order valence-electron chi connectivity index (χ2n) is 8.94. The predicted octanol–water partition coefficient (Wildman–Crippen LogP) is 2.64. The van der Waals surface area contributed by atoms with Gasteiger partial charge in [-0.05, 0) is 56.6 Å². The Morgan fingerprint density at radius 1 is 1.23 bits per heavy atom. The Bertz CT molecular complexity index is 746. The molecule has 140 valence electrons. The van der Waals surface area contributed by atoms with Crippen molar-refractivity contribution < 1.29 is 9.59 Å². The van der Waals surface area contributed by atoms with E-state index < -0.39 is 0 Å². The molecule has 2 amide bonds. The van der Waals surface area contributed by atoms with Gasteiger partial charge in [-0.15, -0.1) is 0 Å². The summed E-state index contributed by atoms with van der Waals surface area (Å²) in [6.07, 6.45) is 11.7. The highest BCUT2D eigenvalue weighted by atomic mass is 32.2. The van der Waals surface area contributed by atoms with Crippen LogP contribution < -0.4 is 5.32 Å². The average Bonchev–Trinajstić information content (AvgIpc) is 3.07. The number of imidazole rings is 1. The summed E-state index contributed by atoms with van der Waals surface area (Å²) in [5.41, 5.74) is 0.703. The van der Waals surface area contributed by atoms with Crippen molar-refractivity contribution >= 4 is 22.9 Å². The van der Waals surface area contributed by atoms with E-state index in [2.05, 4.69) is 14.9 Å². The Balaban J connectivity index is 1.41. The molecule has 4 saturated carbocycles. The van der Waals surface area contributed by atoms with Gasteiger partial charge >= 0.3 is 0 Å². The summed E-state index contributed by atoms with van der Waals surface area (Å²) in [4.78, 5) is 32.1. The van der Waals surface area contributed by atoms with Crippen LogP contribution in [0.25, 0.3) is 0 Å². The zero-order valence-electron chi connectivity index (χ0n) is 15.2. The third-order valence-corrected chi connectivity index (χ3v) is 7.59. The van der Waals surface area contributed by atoms with Crippen molar-refractivity contribution in [1.82, 2.24) is 19.8 Å². The molecule has 0 spiro atoms. The van der Waals surface area contributed by atoms with Crippen molar-refractivity contribution in [3.8, 4) is 0 Å². The van der Waals surface area contributed by atoms with Gasteiger partial charge in [-0.3, -0.25) is 9.59 Å². The summed E-state index contributed by atoms with van der Waals surface area (Å²) < 4.78 is 2.14. The molecule has 7 heteroatoms. The van der Waals surface area contributed by atoms with Crippen LogP contribution in [0.2, 0.25) is 0 Å². The lowest BCUT2D eigenvalue weighted by atomic mass is 9.46. The fraction of sp³-hybridized carbons (Fsp3) is 0.737. The highest BCUT2D eigenvalue weighted by molar-refractivity contribution is 8.12. The molecule has 2 heterocycles. The number of hydrogen-bond acceptors (Lipinski definition) is 4. The second-order valence-corrected chi connectivity index (χ2v) is 9.72. The first-order chi connectivity index (χ1) is 12.5. The maximum absolute atomic E-state index is 13.7. The molecule has 4 aliphatic carbocycles. The standard InChI is InChI=1S/C19H26N4O2S/c1-26-17(25)21-19-7-13-4-14(8-19)6-18(5-13,11-19)16(24)22-2-3-23-12-20-9-15(23)10-22/h9,12-14H,2-8,10-11H2,1H3,(H,21,25)/t13-,14-,18?,19?/m1/s1. The first kappa shape index (κ1) is 16.7. The minimum Gasteiger partial charge on any atom is -0.341 e. The number of carbonyl (C=O) groups excluding carboxylic acids is 2.